The van der Waals surface area contributed by atoms with Gasteiger partial charge in [0.25, 0.3) is 0 Å². The number of hydrogen-bond donors (Lipinski definition) is 2. The summed E-state index contributed by atoms with van der Waals surface area (Å²) in [7, 11) is 3.18. The van der Waals surface area contributed by atoms with Crippen LogP contribution in [0.4, 0.5) is 17.3 Å². The van der Waals surface area contributed by atoms with Gasteiger partial charge in [-0.1, -0.05) is 0 Å². The van der Waals surface area contributed by atoms with Crippen molar-refractivity contribution >= 4 is 28.2 Å². The second-order valence-electron chi connectivity index (χ2n) is 4.54. The molecule has 112 valence electrons. The highest BCUT2D eigenvalue weighted by Gasteiger charge is 2.11. The number of aromatic nitrogens is 3. The second kappa shape index (κ2) is 5.72. The van der Waals surface area contributed by atoms with Crippen LogP contribution in [0, 0.1) is 0 Å². The molecule has 3 rings (SSSR count). The molecule has 0 unspecified atom stereocenters. The summed E-state index contributed by atoms with van der Waals surface area (Å²) in [4.78, 5) is 12.6. The highest BCUT2D eigenvalue weighted by Crippen LogP contribution is 2.34. The monoisotopic (exact) mass is 297 g/mol. The summed E-state index contributed by atoms with van der Waals surface area (Å²) in [5.41, 5.74) is 7.12. The van der Waals surface area contributed by atoms with Crippen molar-refractivity contribution in [1.29, 1.82) is 0 Å². The lowest BCUT2D eigenvalue weighted by molar-refractivity contribution is 0.356. The van der Waals surface area contributed by atoms with E-state index < -0.39 is 0 Å². The molecule has 2 aromatic heterocycles. The van der Waals surface area contributed by atoms with Crippen molar-refractivity contribution < 1.29 is 9.47 Å². The van der Waals surface area contributed by atoms with E-state index in [9.17, 15) is 0 Å². The molecule has 0 bridgehead atoms. The summed E-state index contributed by atoms with van der Waals surface area (Å²) in [6.45, 7) is 0. The standard InChI is InChI=1S/C15H15N5O2/c1-21-12-5-10-11(6-13(12)22-2)18-8-19-15(10)20-9-3-4-14(16)17-7-9/h3-8H,1-2H3,(H2,16,17)(H,18,19,20). The van der Waals surface area contributed by atoms with E-state index in [4.69, 9.17) is 15.2 Å². The number of anilines is 3. The minimum absolute atomic E-state index is 0.463. The van der Waals surface area contributed by atoms with E-state index in [0.29, 0.717) is 23.1 Å². The lowest BCUT2D eigenvalue weighted by Gasteiger charge is -2.12. The Kier molecular flexibility index (Phi) is 3.61. The lowest BCUT2D eigenvalue weighted by atomic mass is 10.2. The molecule has 0 aliphatic carbocycles. The van der Waals surface area contributed by atoms with Crippen LogP contribution in [0.5, 0.6) is 11.5 Å². The Morgan fingerprint density at radius 3 is 2.45 bits per heavy atom. The molecular formula is C15H15N5O2. The molecule has 7 nitrogen and oxygen atoms in total. The molecule has 0 aliphatic heterocycles. The summed E-state index contributed by atoms with van der Waals surface area (Å²) in [5.74, 6) is 2.35. The van der Waals surface area contributed by atoms with Crippen LogP contribution in [0.3, 0.4) is 0 Å². The van der Waals surface area contributed by atoms with E-state index in [2.05, 4.69) is 20.3 Å². The molecule has 0 amide bonds. The number of nitrogens with two attached hydrogens (primary N) is 1. The van der Waals surface area contributed by atoms with Crippen LogP contribution in [0.1, 0.15) is 0 Å². The van der Waals surface area contributed by atoms with Gasteiger partial charge in [0.1, 0.15) is 18.0 Å². The van der Waals surface area contributed by atoms with E-state index >= 15 is 0 Å². The molecule has 22 heavy (non-hydrogen) atoms. The Labute approximate surface area is 127 Å². The number of pyridine rings is 1. The molecule has 0 saturated heterocycles. The topological polar surface area (TPSA) is 95.2 Å². The molecule has 3 N–H and O–H groups in total. The Balaban J connectivity index is 2.07. The number of rotatable bonds is 4. The molecule has 3 aromatic rings. The van der Waals surface area contributed by atoms with Gasteiger partial charge in [-0.15, -0.1) is 0 Å². The van der Waals surface area contributed by atoms with E-state index in [1.54, 1.807) is 26.5 Å². The number of nitrogens with zero attached hydrogens (tertiary/aromatic N) is 3. The molecule has 0 spiro atoms. The van der Waals surface area contributed by atoms with Crippen molar-refractivity contribution in [3.63, 3.8) is 0 Å². The van der Waals surface area contributed by atoms with Gasteiger partial charge in [0, 0.05) is 11.5 Å². The fourth-order valence-corrected chi connectivity index (χ4v) is 2.10. The zero-order chi connectivity index (χ0) is 15.5. The zero-order valence-corrected chi connectivity index (χ0v) is 12.2. The van der Waals surface area contributed by atoms with Crippen molar-refractivity contribution in [2.45, 2.75) is 0 Å². The highest BCUT2D eigenvalue weighted by atomic mass is 16.5. The molecule has 0 radical (unpaired) electrons. The average Bonchev–Trinajstić information content (AvgIpc) is 2.56. The predicted octanol–water partition coefficient (Wildman–Crippen LogP) is 2.37. The fraction of sp³-hybridized carbons (Fsp3) is 0.133. The van der Waals surface area contributed by atoms with Gasteiger partial charge in [0.15, 0.2) is 11.5 Å². The zero-order valence-electron chi connectivity index (χ0n) is 12.2. The fourth-order valence-electron chi connectivity index (χ4n) is 2.10. The second-order valence-corrected chi connectivity index (χ2v) is 4.54. The Morgan fingerprint density at radius 2 is 1.77 bits per heavy atom. The minimum atomic E-state index is 0.463. The van der Waals surface area contributed by atoms with Crippen molar-refractivity contribution in [1.82, 2.24) is 15.0 Å². The molecule has 0 fully saturated rings. The van der Waals surface area contributed by atoms with E-state index in [1.807, 2.05) is 18.2 Å². The molecular weight excluding hydrogens is 282 g/mol. The highest BCUT2D eigenvalue weighted by molar-refractivity contribution is 5.93. The normalized spacial score (nSPS) is 10.5. The summed E-state index contributed by atoms with van der Waals surface area (Å²) < 4.78 is 10.6. The molecule has 0 aliphatic rings. The van der Waals surface area contributed by atoms with Gasteiger partial charge < -0.3 is 20.5 Å². The van der Waals surface area contributed by atoms with Gasteiger partial charge in [0.05, 0.1) is 31.6 Å². The Bertz CT molecular complexity index is 805. The quantitative estimate of drug-likeness (QED) is 0.763. The number of fused-ring (bicyclic) bond motifs is 1. The van der Waals surface area contributed by atoms with Crippen LogP contribution in [-0.4, -0.2) is 29.2 Å². The summed E-state index contributed by atoms with van der Waals surface area (Å²) in [5, 5.41) is 4.01. The van der Waals surface area contributed by atoms with Crippen LogP contribution in [0.25, 0.3) is 10.9 Å². The number of nitrogens with one attached hydrogen (secondary N) is 1. The van der Waals surface area contributed by atoms with E-state index in [0.717, 1.165) is 16.6 Å². The maximum atomic E-state index is 5.59. The van der Waals surface area contributed by atoms with Gasteiger partial charge in [0.2, 0.25) is 0 Å². The predicted molar refractivity (Wildman–Crippen MR) is 84.6 cm³/mol. The third kappa shape index (κ3) is 2.56. The van der Waals surface area contributed by atoms with Gasteiger partial charge >= 0.3 is 0 Å². The van der Waals surface area contributed by atoms with E-state index in [-0.39, 0.29) is 0 Å². The molecule has 7 heteroatoms. The van der Waals surface area contributed by atoms with Crippen LogP contribution in [-0.2, 0) is 0 Å². The van der Waals surface area contributed by atoms with Crippen molar-refractivity contribution in [2.24, 2.45) is 0 Å². The molecule has 0 atom stereocenters. The molecule has 2 heterocycles. The van der Waals surface area contributed by atoms with Crippen molar-refractivity contribution in [3.05, 3.63) is 36.8 Å². The van der Waals surface area contributed by atoms with E-state index in [1.165, 1.54) is 6.33 Å². The maximum absolute atomic E-state index is 5.59. The number of nitrogen functional groups attached to an aromatic ring is 1. The van der Waals surface area contributed by atoms with Gasteiger partial charge in [-0.3, -0.25) is 0 Å². The summed E-state index contributed by atoms with van der Waals surface area (Å²) in [6.07, 6.45) is 3.13. The van der Waals surface area contributed by atoms with Crippen molar-refractivity contribution in [2.75, 3.05) is 25.3 Å². The van der Waals surface area contributed by atoms with Crippen LogP contribution in [0.2, 0.25) is 0 Å². The van der Waals surface area contributed by atoms with Crippen molar-refractivity contribution in [3.8, 4) is 11.5 Å². The third-order valence-corrected chi connectivity index (χ3v) is 3.19. The summed E-state index contributed by atoms with van der Waals surface area (Å²) >= 11 is 0. The first kappa shape index (κ1) is 13.9. The number of hydrogen-bond acceptors (Lipinski definition) is 7. The molecule has 1 aromatic carbocycles. The van der Waals surface area contributed by atoms with Gasteiger partial charge in [-0.05, 0) is 18.2 Å². The van der Waals surface area contributed by atoms with Gasteiger partial charge in [-0.25, -0.2) is 15.0 Å². The van der Waals surface area contributed by atoms with Crippen LogP contribution >= 0.6 is 0 Å². The third-order valence-electron chi connectivity index (χ3n) is 3.19. The first-order valence-corrected chi connectivity index (χ1v) is 6.56. The number of ether oxygens (including phenoxy) is 2. The first-order valence-electron chi connectivity index (χ1n) is 6.56. The SMILES string of the molecule is COc1cc2ncnc(Nc3ccc(N)nc3)c2cc1OC. The largest absolute Gasteiger partial charge is 0.493 e. The Morgan fingerprint density at radius 1 is 1.00 bits per heavy atom. The minimum Gasteiger partial charge on any atom is -0.493 e. The average molecular weight is 297 g/mol. The smallest absolute Gasteiger partial charge is 0.162 e. The van der Waals surface area contributed by atoms with Crippen LogP contribution in [0.15, 0.2) is 36.8 Å². The Hall–Kier alpha value is -3.09. The number of benzene rings is 1. The van der Waals surface area contributed by atoms with Gasteiger partial charge in [-0.2, -0.15) is 0 Å². The summed E-state index contributed by atoms with van der Waals surface area (Å²) in [6, 6.07) is 7.19. The lowest BCUT2D eigenvalue weighted by Crippen LogP contribution is -1.99. The number of methoxy groups -OCH3 is 2. The van der Waals surface area contributed by atoms with Crippen LogP contribution < -0.4 is 20.5 Å². The molecule has 0 saturated carbocycles. The maximum Gasteiger partial charge on any atom is 0.162 e. The first-order chi connectivity index (χ1) is 10.7.